The van der Waals surface area contributed by atoms with E-state index in [1.165, 1.54) is 5.70 Å². The van der Waals surface area contributed by atoms with E-state index in [1.54, 1.807) is 0 Å². The number of hydrogen-bond donors (Lipinski definition) is 2. The molecule has 0 fully saturated rings. The quantitative estimate of drug-likeness (QED) is 0.573. The maximum atomic E-state index is 3.26. The van der Waals surface area contributed by atoms with Gasteiger partial charge in [-0.15, -0.1) is 0 Å². The summed E-state index contributed by atoms with van der Waals surface area (Å²) >= 11 is 0. The molecule has 0 aromatic carbocycles. The van der Waals surface area contributed by atoms with Gasteiger partial charge < -0.3 is 10.6 Å². The van der Waals surface area contributed by atoms with Crippen molar-refractivity contribution in [2.24, 2.45) is 5.92 Å². The van der Waals surface area contributed by atoms with Crippen LogP contribution in [0.25, 0.3) is 0 Å². The van der Waals surface area contributed by atoms with Crippen molar-refractivity contribution >= 4 is 0 Å². The first kappa shape index (κ1) is 6.53. The molecular formula is C9H12N2. The molecule has 2 atom stereocenters. The fraction of sp³-hybridized carbons (Fsp3) is 0.333. The van der Waals surface area contributed by atoms with Gasteiger partial charge in [-0.3, -0.25) is 0 Å². The monoisotopic (exact) mass is 148 g/mol. The fourth-order valence-corrected chi connectivity index (χ4v) is 1.49. The van der Waals surface area contributed by atoms with Crippen molar-refractivity contribution in [3.8, 4) is 0 Å². The first-order valence-corrected chi connectivity index (χ1v) is 3.90. The highest BCUT2D eigenvalue weighted by Crippen LogP contribution is 2.20. The van der Waals surface area contributed by atoms with Crippen molar-refractivity contribution < 1.29 is 0 Å². The Labute approximate surface area is 66.7 Å². The van der Waals surface area contributed by atoms with Gasteiger partial charge in [0.25, 0.3) is 0 Å². The van der Waals surface area contributed by atoms with Crippen molar-refractivity contribution in [1.29, 1.82) is 0 Å². The zero-order chi connectivity index (χ0) is 7.68. The van der Waals surface area contributed by atoms with Gasteiger partial charge in [-0.1, -0.05) is 18.2 Å². The lowest BCUT2D eigenvalue weighted by atomic mass is 9.96. The summed E-state index contributed by atoms with van der Waals surface area (Å²) in [6.45, 7) is 0. The Kier molecular flexibility index (Phi) is 1.46. The molecule has 1 aliphatic heterocycles. The van der Waals surface area contributed by atoms with E-state index in [9.17, 15) is 0 Å². The smallest absolute Gasteiger partial charge is 0.0541 e. The summed E-state index contributed by atoms with van der Waals surface area (Å²) in [5, 5.41) is 6.39. The summed E-state index contributed by atoms with van der Waals surface area (Å²) in [6.07, 6.45) is 10.7. The minimum absolute atomic E-state index is 0.493. The van der Waals surface area contributed by atoms with Crippen LogP contribution in [0.4, 0.5) is 0 Å². The van der Waals surface area contributed by atoms with Crippen molar-refractivity contribution in [3.63, 3.8) is 0 Å². The van der Waals surface area contributed by atoms with E-state index in [4.69, 9.17) is 0 Å². The van der Waals surface area contributed by atoms with Crippen LogP contribution in [0.15, 0.2) is 36.2 Å². The molecule has 0 aromatic heterocycles. The van der Waals surface area contributed by atoms with Crippen LogP contribution >= 0.6 is 0 Å². The molecule has 0 spiro atoms. The highest BCUT2D eigenvalue weighted by molar-refractivity contribution is 5.31. The summed E-state index contributed by atoms with van der Waals surface area (Å²) < 4.78 is 0. The molecule has 0 saturated heterocycles. The number of rotatable bonds is 1. The molecule has 0 radical (unpaired) electrons. The van der Waals surface area contributed by atoms with E-state index in [1.807, 2.05) is 13.2 Å². The topological polar surface area (TPSA) is 24.1 Å². The van der Waals surface area contributed by atoms with E-state index < -0.39 is 0 Å². The second-order valence-electron chi connectivity index (χ2n) is 2.86. The van der Waals surface area contributed by atoms with Gasteiger partial charge in [-0.05, 0) is 12.3 Å². The number of likely N-dealkylation sites (N-methyl/N-ethyl adjacent to an activating group) is 1. The van der Waals surface area contributed by atoms with E-state index in [-0.39, 0.29) is 0 Å². The molecule has 2 nitrogen and oxygen atoms in total. The van der Waals surface area contributed by atoms with Crippen LogP contribution in [0.2, 0.25) is 0 Å². The van der Waals surface area contributed by atoms with Gasteiger partial charge in [0.1, 0.15) is 0 Å². The van der Waals surface area contributed by atoms with Crippen LogP contribution in [-0.2, 0) is 0 Å². The van der Waals surface area contributed by atoms with Crippen LogP contribution in [-0.4, -0.2) is 13.1 Å². The van der Waals surface area contributed by atoms with Crippen molar-refractivity contribution in [1.82, 2.24) is 10.6 Å². The van der Waals surface area contributed by atoms with Gasteiger partial charge in [0.15, 0.2) is 0 Å². The van der Waals surface area contributed by atoms with Gasteiger partial charge >= 0.3 is 0 Å². The average molecular weight is 148 g/mol. The molecule has 0 saturated carbocycles. The molecule has 2 N–H and O–H groups in total. The standard InChI is InChI=1S/C9H12N2/c1-10-8-2-3-9-7(6-8)4-5-11-9/h2-7,9-11H,1H3. The van der Waals surface area contributed by atoms with Crippen LogP contribution in [0, 0.1) is 5.92 Å². The van der Waals surface area contributed by atoms with Crippen LogP contribution < -0.4 is 10.6 Å². The Morgan fingerprint density at radius 1 is 1.45 bits per heavy atom. The van der Waals surface area contributed by atoms with Crippen molar-refractivity contribution in [3.05, 3.63) is 36.2 Å². The Morgan fingerprint density at radius 3 is 3.18 bits per heavy atom. The first-order chi connectivity index (χ1) is 5.40. The lowest BCUT2D eigenvalue weighted by Crippen LogP contribution is -2.26. The Bertz CT molecular complexity index is 238. The lowest BCUT2D eigenvalue weighted by Gasteiger charge is -2.18. The molecular weight excluding hydrogens is 136 g/mol. The Balaban J connectivity index is 2.19. The Morgan fingerprint density at radius 2 is 2.36 bits per heavy atom. The van der Waals surface area contributed by atoms with Crippen LogP contribution in [0.3, 0.4) is 0 Å². The summed E-state index contributed by atoms with van der Waals surface area (Å²) in [6, 6.07) is 0.493. The molecule has 58 valence electrons. The number of fused-ring (bicyclic) bond motifs is 1. The molecule has 0 aromatic rings. The zero-order valence-corrected chi connectivity index (χ0v) is 6.54. The minimum atomic E-state index is 0.493. The normalized spacial score (nSPS) is 32.6. The van der Waals surface area contributed by atoms with Gasteiger partial charge in [0.05, 0.1) is 6.04 Å². The van der Waals surface area contributed by atoms with Crippen LogP contribution in [0.1, 0.15) is 0 Å². The maximum Gasteiger partial charge on any atom is 0.0541 e. The third-order valence-electron chi connectivity index (χ3n) is 2.17. The van der Waals surface area contributed by atoms with E-state index >= 15 is 0 Å². The number of allylic oxidation sites excluding steroid dienone is 1. The lowest BCUT2D eigenvalue weighted by molar-refractivity contribution is 0.639. The molecule has 2 rings (SSSR count). The van der Waals surface area contributed by atoms with Gasteiger partial charge in [0, 0.05) is 18.7 Å². The van der Waals surface area contributed by atoms with E-state index in [0.29, 0.717) is 12.0 Å². The minimum Gasteiger partial charge on any atom is -0.388 e. The van der Waals surface area contributed by atoms with E-state index in [2.05, 4.69) is 34.9 Å². The SMILES string of the molecule is CNC1=CC2C=CNC2C=C1. The first-order valence-electron chi connectivity index (χ1n) is 3.90. The van der Waals surface area contributed by atoms with E-state index in [0.717, 1.165) is 0 Å². The van der Waals surface area contributed by atoms with Gasteiger partial charge in [-0.25, -0.2) is 0 Å². The van der Waals surface area contributed by atoms with Crippen LogP contribution in [0.5, 0.6) is 0 Å². The molecule has 0 bridgehead atoms. The zero-order valence-electron chi connectivity index (χ0n) is 6.54. The Hall–Kier alpha value is -1.18. The molecule has 1 aliphatic carbocycles. The largest absolute Gasteiger partial charge is 0.388 e. The second-order valence-corrected chi connectivity index (χ2v) is 2.86. The number of nitrogens with one attached hydrogen (secondary N) is 2. The summed E-state index contributed by atoms with van der Waals surface area (Å²) in [7, 11) is 1.95. The third-order valence-corrected chi connectivity index (χ3v) is 2.17. The average Bonchev–Trinajstić information content (AvgIpc) is 2.50. The fourth-order valence-electron chi connectivity index (χ4n) is 1.49. The van der Waals surface area contributed by atoms with Crippen molar-refractivity contribution in [2.75, 3.05) is 7.05 Å². The molecule has 1 heterocycles. The summed E-state index contributed by atoms with van der Waals surface area (Å²) in [5.41, 5.74) is 1.21. The molecule has 2 unspecified atom stereocenters. The molecule has 2 aliphatic rings. The predicted molar refractivity (Wildman–Crippen MR) is 45.8 cm³/mol. The highest BCUT2D eigenvalue weighted by atomic mass is 14.9. The molecule has 0 amide bonds. The predicted octanol–water partition coefficient (Wildman–Crippen LogP) is 0.761. The molecule has 11 heavy (non-hydrogen) atoms. The highest BCUT2D eigenvalue weighted by Gasteiger charge is 2.20. The summed E-state index contributed by atoms with van der Waals surface area (Å²) in [4.78, 5) is 0. The van der Waals surface area contributed by atoms with Gasteiger partial charge in [0.2, 0.25) is 0 Å². The summed E-state index contributed by atoms with van der Waals surface area (Å²) in [5.74, 6) is 0.544. The van der Waals surface area contributed by atoms with Gasteiger partial charge in [-0.2, -0.15) is 0 Å². The second kappa shape index (κ2) is 2.46. The number of hydrogen-bond acceptors (Lipinski definition) is 2. The molecule has 2 heteroatoms. The third kappa shape index (κ3) is 1.04. The maximum absolute atomic E-state index is 3.26. The van der Waals surface area contributed by atoms with Crippen molar-refractivity contribution in [2.45, 2.75) is 6.04 Å².